The summed E-state index contributed by atoms with van der Waals surface area (Å²) in [4.78, 5) is 29.4. The number of anilines is 1. The largest absolute Gasteiger partial charge is 0.573 e. The average molecular weight is 512 g/mol. The number of aryl methyl sites for hydroxylation is 1. The highest BCUT2D eigenvalue weighted by Gasteiger charge is 2.46. The third-order valence-electron chi connectivity index (χ3n) is 6.91. The number of fused-ring (bicyclic) bond motifs is 1. The van der Waals surface area contributed by atoms with Crippen LogP contribution in [0.15, 0.2) is 46.3 Å². The molecule has 2 aliphatic rings. The number of piperidine rings is 1. The lowest BCUT2D eigenvalue weighted by molar-refractivity contribution is -0.274. The number of benzene rings is 1. The maximum atomic E-state index is 12.6. The Hall–Kier alpha value is -4.14. The van der Waals surface area contributed by atoms with Crippen molar-refractivity contribution >= 4 is 22.6 Å². The summed E-state index contributed by atoms with van der Waals surface area (Å²) >= 11 is 0. The normalized spacial score (nSPS) is 21.6. The van der Waals surface area contributed by atoms with Gasteiger partial charge in [-0.3, -0.25) is 4.57 Å². The van der Waals surface area contributed by atoms with Crippen molar-refractivity contribution in [3.63, 3.8) is 0 Å². The second-order valence-corrected chi connectivity index (χ2v) is 9.22. The van der Waals surface area contributed by atoms with Crippen LogP contribution in [0.4, 0.5) is 19.0 Å². The van der Waals surface area contributed by atoms with Crippen molar-refractivity contribution in [2.75, 3.05) is 11.4 Å². The van der Waals surface area contributed by atoms with Gasteiger partial charge < -0.3 is 14.5 Å². The summed E-state index contributed by atoms with van der Waals surface area (Å²) in [5.74, 6) is 0.142. The first kappa shape index (κ1) is 24.5. The van der Waals surface area contributed by atoms with Gasteiger partial charge in [-0.2, -0.15) is 10.2 Å². The fourth-order valence-electron chi connectivity index (χ4n) is 5.03. The number of nitrogens with zero attached hydrogens (tertiary/aromatic N) is 6. The highest BCUT2D eigenvalue weighted by Crippen LogP contribution is 2.41. The Balaban J connectivity index is 1.38. The lowest BCUT2D eigenvalue weighted by Crippen LogP contribution is -2.51. The lowest BCUT2D eigenvalue weighted by Gasteiger charge is -2.43. The molecule has 37 heavy (non-hydrogen) atoms. The molecule has 9 nitrogen and oxygen atoms in total. The number of hydrogen-bond donors (Lipinski definition) is 0. The van der Waals surface area contributed by atoms with Gasteiger partial charge in [0, 0.05) is 38.9 Å². The van der Waals surface area contributed by atoms with Crippen molar-refractivity contribution in [2.45, 2.75) is 50.6 Å². The zero-order chi connectivity index (χ0) is 26.4. The number of alkyl halides is 3. The van der Waals surface area contributed by atoms with Gasteiger partial charge in [0.25, 0.3) is 0 Å². The number of rotatable bonds is 4. The van der Waals surface area contributed by atoms with Crippen LogP contribution >= 0.6 is 0 Å². The Kier molecular flexibility index (Phi) is 6.01. The van der Waals surface area contributed by atoms with Gasteiger partial charge in [0.15, 0.2) is 5.82 Å². The molecular weight excluding hydrogens is 489 g/mol. The van der Waals surface area contributed by atoms with Crippen LogP contribution in [-0.4, -0.2) is 44.8 Å². The molecule has 2 atom stereocenters. The van der Waals surface area contributed by atoms with E-state index in [2.05, 4.69) is 19.9 Å². The Morgan fingerprint density at radius 3 is 2.65 bits per heavy atom. The molecule has 1 spiro atoms. The molecule has 5 rings (SSSR count). The van der Waals surface area contributed by atoms with Gasteiger partial charge in [0.2, 0.25) is 0 Å². The smallest absolute Gasteiger partial charge is 0.406 e. The van der Waals surface area contributed by atoms with Crippen LogP contribution < -0.4 is 15.3 Å². The van der Waals surface area contributed by atoms with Crippen molar-refractivity contribution in [1.82, 2.24) is 14.5 Å². The molecule has 0 saturated carbocycles. The molecule has 3 aromatic rings. The van der Waals surface area contributed by atoms with Crippen LogP contribution in [0.1, 0.15) is 43.9 Å². The van der Waals surface area contributed by atoms with Crippen molar-refractivity contribution < 1.29 is 22.7 Å². The lowest BCUT2D eigenvalue weighted by atomic mass is 9.81. The Morgan fingerprint density at radius 1 is 1.22 bits per heavy atom. The predicted molar refractivity (Wildman–Crippen MR) is 128 cm³/mol. The maximum absolute atomic E-state index is 12.6. The molecule has 1 aromatic carbocycles. The minimum Gasteiger partial charge on any atom is -0.406 e. The van der Waals surface area contributed by atoms with Crippen LogP contribution in [-0.2, 0) is 11.9 Å². The maximum Gasteiger partial charge on any atom is 0.573 e. The number of halogens is 3. The van der Waals surface area contributed by atoms with Gasteiger partial charge in [-0.15, -0.1) is 13.2 Å². The fraction of sp³-hybridized carbons (Fsp3) is 0.400. The van der Waals surface area contributed by atoms with Crippen molar-refractivity contribution in [1.29, 1.82) is 5.26 Å². The summed E-state index contributed by atoms with van der Waals surface area (Å²) in [5.41, 5.74) is 1.64. The standard InChI is InChI=1S/C25H23F3N6O3/c1-3-17-12-24(13-19(32-37-24)15-4-7-18(8-5-15)36-25(26,27)28)10-11-34(17)22-21-20(33(2)23(35)31-22)9-6-16(14-29)30-21/h4-9,17H,3,10-13H2,1-2H3/t17-,24+/m0/s1. The van der Waals surface area contributed by atoms with Crippen LogP contribution in [0.25, 0.3) is 11.0 Å². The van der Waals surface area contributed by atoms with Crippen LogP contribution in [0.2, 0.25) is 0 Å². The second kappa shape index (κ2) is 9.06. The monoisotopic (exact) mass is 512 g/mol. The van der Waals surface area contributed by atoms with E-state index in [9.17, 15) is 23.2 Å². The highest BCUT2D eigenvalue weighted by atomic mass is 19.4. The molecule has 0 unspecified atom stereocenters. The first-order valence-electron chi connectivity index (χ1n) is 11.8. The number of ether oxygens (including phenoxy) is 1. The number of nitriles is 1. The molecular formula is C25H23F3N6O3. The van der Waals surface area contributed by atoms with Gasteiger partial charge in [-0.1, -0.05) is 12.1 Å². The number of aromatic nitrogens is 3. The van der Waals surface area contributed by atoms with E-state index in [0.717, 1.165) is 6.42 Å². The summed E-state index contributed by atoms with van der Waals surface area (Å²) in [6.45, 7) is 2.55. The molecule has 192 valence electrons. The van der Waals surface area contributed by atoms with E-state index in [0.29, 0.717) is 53.9 Å². The first-order chi connectivity index (χ1) is 17.6. The van der Waals surface area contributed by atoms with E-state index < -0.39 is 17.7 Å². The number of hydrogen-bond acceptors (Lipinski definition) is 8. The summed E-state index contributed by atoms with van der Waals surface area (Å²) in [7, 11) is 1.62. The van der Waals surface area contributed by atoms with Gasteiger partial charge in [0.1, 0.15) is 28.6 Å². The van der Waals surface area contributed by atoms with E-state index in [1.165, 1.54) is 28.8 Å². The molecule has 1 fully saturated rings. The van der Waals surface area contributed by atoms with Crippen LogP contribution in [0.5, 0.6) is 5.75 Å². The minimum absolute atomic E-state index is 0.0405. The predicted octanol–water partition coefficient (Wildman–Crippen LogP) is 4.04. The van der Waals surface area contributed by atoms with E-state index in [1.807, 2.05) is 17.9 Å². The van der Waals surface area contributed by atoms with Crippen LogP contribution in [0.3, 0.4) is 0 Å². The zero-order valence-corrected chi connectivity index (χ0v) is 20.1. The third kappa shape index (κ3) is 4.69. The van der Waals surface area contributed by atoms with E-state index in [1.54, 1.807) is 19.2 Å². The fourth-order valence-corrected chi connectivity index (χ4v) is 5.03. The molecule has 4 heterocycles. The SMILES string of the molecule is CC[C@H]1C[C@]2(CCN1c1nc(=O)n(C)c3ccc(C#N)nc13)CC(c1ccc(OC(F)(F)F)cc1)=NO2. The second-order valence-electron chi connectivity index (χ2n) is 9.22. The quantitative estimate of drug-likeness (QED) is 0.520. The van der Waals surface area contributed by atoms with Crippen molar-refractivity contribution in [3.8, 4) is 11.8 Å². The van der Waals surface area contributed by atoms with E-state index in [4.69, 9.17) is 4.84 Å². The van der Waals surface area contributed by atoms with Gasteiger partial charge in [-0.05, 0) is 48.4 Å². The Morgan fingerprint density at radius 2 is 1.97 bits per heavy atom. The van der Waals surface area contributed by atoms with E-state index in [-0.39, 0.29) is 17.5 Å². The highest BCUT2D eigenvalue weighted by molar-refractivity contribution is 6.01. The van der Waals surface area contributed by atoms with Gasteiger partial charge in [-0.25, -0.2) is 9.78 Å². The molecule has 0 bridgehead atoms. The summed E-state index contributed by atoms with van der Waals surface area (Å²) in [5, 5.41) is 13.6. The molecule has 2 aliphatic heterocycles. The van der Waals surface area contributed by atoms with Gasteiger partial charge >= 0.3 is 12.1 Å². The summed E-state index contributed by atoms with van der Waals surface area (Å²) < 4.78 is 42.7. The summed E-state index contributed by atoms with van der Waals surface area (Å²) in [6, 6.07) is 10.8. The summed E-state index contributed by atoms with van der Waals surface area (Å²) in [6.07, 6.45) is -2.33. The Labute approximate surface area is 209 Å². The van der Waals surface area contributed by atoms with Crippen LogP contribution in [0, 0.1) is 11.3 Å². The molecule has 0 N–H and O–H groups in total. The number of pyridine rings is 1. The average Bonchev–Trinajstić information content (AvgIpc) is 3.28. The van der Waals surface area contributed by atoms with Gasteiger partial charge in [0.05, 0.1) is 11.2 Å². The molecule has 12 heteroatoms. The van der Waals surface area contributed by atoms with Crippen molar-refractivity contribution in [2.24, 2.45) is 12.2 Å². The Bertz CT molecular complexity index is 1480. The first-order valence-corrected chi connectivity index (χ1v) is 11.8. The van der Waals surface area contributed by atoms with Crippen molar-refractivity contribution in [3.05, 3.63) is 58.1 Å². The molecule has 0 radical (unpaired) electrons. The van der Waals surface area contributed by atoms with E-state index >= 15 is 0 Å². The topological polar surface area (TPSA) is 106 Å². The molecule has 2 aromatic heterocycles. The molecule has 0 aliphatic carbocycles. The zero-order valence-electron chi connectivity index (χ0n) is 20.1. The third-order valence-corrected chi connectivity index (χ3v) is 6.91. The minimum atomic E-state index is -4.75. The molecule has 0 amide bonds. The molecule has 1 saturated heterocycles. The number of oxime groups is 1.